The number of nitriles is 1. The molecular weight excluding hydrogens is 198 g/mol. The Morgan fingerprint density at radius 2 is 2.06 bits per heavy atom. The molecule has 0 aliphatic carbocycles. The van der Waals surface area contributed by atoms with Gasteiger partial charge in [0.25, 0.3) is 0 Å². The van der Waals surface area contributed by atoms with Crippen molar-refractivity contribution in [1.82, 2.24) is 4.90 Å². The Kier molecular flexibility index (Phi) is 4.07. The van der Waals surface area contributed by atoms with Crippen molar-refractivity contribution in [3.8, 4) is 6.07 Å². The number of aliphatic imine (C=N–C) groups is 1. The summed E-state index contributed by atoms with van der Waals surface area (Å²) < 4.78 is 0. The van der Waals surface area contributed by atoms with Gasteiger partial charge < -0.3 is 4.90 Å². The Balaban J connectivity index is 3.08. The second-order valence-electron chi connectivity index (χ2n) is 4.25. The molecule has 0 bridgehead atoms. The molecule has 3 nitrogen and oxygen atoms in total. The number of rotatable bonds is 3. The fraction of sp³-hybridized carbons (Fsp3) is 0.385. The highest BCUT2D eigenvalue weighted by atomic mass is 15.1. The van der Waals surface area contributed by atoms with Crippen LogP contribution in [-0.2, 0) is 0 Å². The van der Waals surface area contributed by atoms with E-state index in [1.807, 2.05) is 37.2 Å². The van der Waals surface area contributed by atoms with Gasteiger partial charge in [0.1, 0.15) is 6.07 Å². The molecule has 1 rings (SSSR count). The van der Waals surface area contributed by atoms with Gasteiger partial charge in [0.2, 0.25) is 0 Å². The summed E-state index contributed by atoms with van der Waals surface area (Å²) in [6.07, 6.45) is 1.70. The Hall–Kier alpha value is -1.82. The highest BCUT2D eigenvalue weighted by molar-refractivity contribution is 5.65. The van der Waals surface area contributed by atoms with Gasteiger partial charge in [0.05, 0.1) is 17.6 Å². The number of hydrogen-bond acceptors (Lipinski definition) is 2. The van der Waals surface area contributed by atoms with E-state index in [9.17, 15) is 0 Å². The van der Waals surface area contributed by atoms with Crippen molar-refractivity contribution in [1.29, 1.82) is 5.26 Å². The van der Waals surface area contributed by atoms with Crippen LogP contribution in [0.2, 0.25) is 0 Å². The number of benzene rings is 1. The van der Waals surface area contributed by atoms with Crippen LogP contribution in [0.1, 0.15) is 30.9 Å². The first kappa shape index (κ1) is 12.3. The molecule has 0 aliphatic heterocycles. The third-order valence-corrected chi connectivity index (χ3v) is 2.24. The molecule has 0 spiro atoms. The Morgan fingerprint density at radius 1 is 1.38 bits per heavy atom. The van der Waals surface area contributed by atoms with Crippen LogP contribution in [-0.4, -0.2) is 25.3 Å². The van der Waals surface area contributed by atoms with Gasteiger partial charge in [-0.05, 0) is 23.6 Å². The summed E-state index contributed by atoms with van der Waals surface area (Å²) in [5.41, 5.74) is 2.52. The molecule has 0 unspecified atom stereocenters. The molecule has 1 aromatic rings. The van der Waals surface area contributed by atoms with E-state index < -0.39 is 0 Å². The van der Waals surface area contributed by atoms with Crippen LogP contribution >= 0.6 is 0 Å². The Labute approximate surface area is 97.0 Å². The van der Waals surface area contributed by atoms with Crippen LogP contribution in [0, 0.1) is 11.3 Å². The number of nitrogens with zero attached hydrogens (tertiary/aromatic N) is 3. The lowest BCUT2D eigenvalue weighted by Gasteiger charge is -2.07. The number of hydrogen-bond donors (Lipinski definition) is 0. The monoisotopic (exact) mass is 215 g/mol. The summed E-state index contributed by atoms with van der Waals surface area (Å²) in [6.45, 7) is 4.22. The van der Waals surface area contributed by atoms with E-state index in [0.717, 1.165) is 5.69 Å². The highest BCUT2D eigenvalue weighted by Crippen LogP contribution is 2.23. The Bertz CT molecular complexity index is 425. The van der Waals surface area contributed by atoms with Gasteiger partial charge in [-0.25, -0.2) is 4.99 Å². The first-order chi connectivity index (χ1) is 7.54. The first-order valence-electron chi connectivity index (χ1n) is 5.29. The summed E-state index contributed by atoms with van der Waals surface area (Å²) in [5, 5.41) is 9.05. The smallest absolute Gasteiger partial charge is 0.101 e. The SMILES string of the molecule is CC(C)c1ccc(N=CN(C)C)c(C#N)c1. The topological polar surface area (TPSA) is 39.4 Å². The minimum absolute atomic E-state index is 0.430. The van der Waals surface area contributed by atoms with E-state index in [-0.39, 0.29) is 0 Å². The van der Waals surface area contributed by atoms with E-state index in [4.69, 9.17) is 5.26 Å². The van der Waals surface area contributed by atoms with Crippen molar-refractivity contribution in [2.24, 2.45) is 4.99 Å². The molecule has 0 aromatic heterocycles. The van der Waals surface area contributed by atoms with E-state index in [1.54, 1.807) is 6.34 Å². The van der Waals surface area contributed by atoms with Gasteiger partial charge in [-0.15, -0.1) is 0 Å². The van der Waals surface area contributed by atoms with Crippen LogP contribution in [0.4, 0.5) is 5.69 Å². The molecule has 1 aromatic carbocycles. The van der Waals surface area contributed by atoms with Crippen LogP contribution in [0.25, 0.3) is 0 Å². The molecule has 84 valence electrons. The zero-order valence-electron chi connectivity index (χ0n) is 10.2. The van der Waals surface area contributed by atoms with Gasteiger partial charge in [0, 0.05) is 14.1 Å². The standard InChI is InChI=1S/C13H17N3/c1-10(2)11-5-6-13(12(7-11)8-14)15-9-16(3)4/h5-7,9-10H,1-4H3. The van der Waals surface area contributed by atoms with E-state index in [2.05, 4.69) is 24.9 Å². The molecule has 0 saturated carbocycles. The van der Waals surface area contributed by atoms with Gasteiger partial charge in [-0.1, -0.05) is 19.9 Å². The zero-order valence-corrected chi connectivity index (χ0v) is 10.2. The summed E-state index contributed by atoms with van der Waals surface area (Å²) in [6, 6.07) is 8.01. The van der Waals surface area contributed by atoms with Gasteiger partial charge in [0.15, 0.2) is 0 Å². The average Bonchev–Trinajstić information content (AvgIpc) is 2.25. The van der Waals surface area contributed by atoms with E-state index >= 15 is 0 Å². The Morgan fingerprint density at radius 3 is 2.56 bits per heavy atom. The van der Waals surface area contributed by atoms with Gasteiger partial charge >= 0.3 is 0 Å². The first-order valence-corrected chi connectivity index (χ1v) is 5.29. The van der Waals surface area contributed by atoms with Crippen molar-refractivity contribution in [3.05, 3.63) is 29.3 Å². The second kappa shape index (κ2) is 5.32. The maximum absolute atomic E-state index is 9.05. The molecule has 0 heterocycles. The molecule has 0 atom stereocenters. The quantitative estimate of drug-likeness (QED) is 0.574. The fourth-order valence-electron chi connectivity index (χ4n) is 1.29. The van der Waals surface area contributed by atoms with Gasteiger partial charge in [-0.2, -0.15) is 5.26 Å². The summed E-state index contributed by atoms with van der Waals surface area (Å²) in [5.74, 6) is 0.430. The van der Waals surface area contributed by atoms with Crippen LogP contribution < -0.4 is 0 Å². The molecule has 0 aliphatic rings. The largest absolute Gasteiger partial charge is 0.369 e. The second-order valence-corrected chi connectivity index (χ2v) is 4.25. The van der Waals surface area contributed by atoms with Gasteiger partial charge in [-0.3, -0.25) is 0 Å². The van der Waals surface area contributed by atoms with Crippen LogP contribution in [0.5, 0.6) is 0 Å². The van der Waals surface area contributed by atoms with E-state index in [1.165, 1.54) is 5.56 Å². The lowest BCUT2D eigenvalue weighted by Crippen LogP contribution is -2.07. The fourth-order valence-corrected chi connectivity index (χ4v) is 1.29. The average molecular weight is 215 g/mol. The summed E-state index contributed by atoms with van der Waals surface area (Å²) in [4.78, 5) is 6.10. The molecular formula is C13H17N3. The minimum atomic E-state index is 0.430. The van der Waals surface area contributed by atoms with Crippen molar-refractivity contribution in [3.63, 3.8) is 0 Å². The van der Waals surface area contributed by atoms with Crippen molar-refractivity contribution in [2.75, 3.05) is 14.1 Å². The predicted octanol–water partition coefficient (Wildman–Crippen LogP) is 2.90. The maximum atomic E-state index is 9.05. The molecule has 0 fully saturated rings. The van der Waals surface area contributed by atoms with Crippen LogP contribution in [0.15, 0.2) is 23.2 Å². The minimum Gasteiger partial charge on any atom is -0.369 e. The van der Waals surface area contributed by atoms with E-state index in [0.29, 0.717) is 11.5 Å². The predicted molar refractivity (Wildman–Crippen MR) is 67.1 cm³/mol. The van der Waals surface area contributed by atoms with Crippen molar-refractivity contribution in [2.45, 2.75) is 19.8 Å². The lowest BCUT2D eigenvalue weighted by molar-refractivity contribution is 0.643. The molecule has 0 N–H and O–H groups in total. The molecule has 3 heteroatoms. The summed E-state index contributed by atoms with van der Waals surface area (Å²) >= 11 is 0. The highest BCUT2D eigenvalue weighted by Gasteiger charge is 2.04. The molecule has 0 radical (unpaired) electrons. The summed E-state index contributed by atoms with van der Waals surface area (Å²) in [7, 11) is 3.80. The van der Waals surface area contributed by atoms with Crippen molar-refractivity contribution >= 4 is 12.0 Å². The van der Waals surface area contributed by atoms with Crippen LogP contribution in [0.3, 0.4) is 0 Å². The molecule has 0 saturated heterocycles. The maximum Gasteiger partial charge on any atom is 0.101 e. The third kappa shape index (κ3) is 3.09. The van der Waals surface area contributed by atoms with Crippen molar-refractivity contribution < 1.29 is 0 Å². The zero-order chi connectivity index (χ0) is 12.1. The third-order valence-electron chi connectivity index (χ3n) is 2.24. The lowest BCUT2D eigenvalue weighted by atomic mass is 10.0. The molecule has 16 heavy (non-hydrogen) atoms. The molecule has 0 amide bonds. The normalized spacial score (nSPS) is 10.8.